The minimum atomic E-state index is -0.593. The maximum absolute atomic E-state index is 12.1. The third-order valence-corrected chi connectivity index (χ3v) is 4.73. The van der Waals surface area contributed by atoms with Gasteiger partial charge in [0.1, 0.15) is 5.78 Å². The van der Waals surface area contributed by atoms with Crippen LogP contribution in [-0.4, -0.2) is 39.9 Å². The third-order valence-electron chi connectivity index (χ3n) is 4.73. The molecule has 4 heteroatoms. The summed E-state index contributed by atoms with van der Waals surface area (Å²) in [6.45, 7) is 2.31. The van der Waals surface area contributed by atoms with Gasteiger partial charge in [0, 0.05) is 24.9 Å². The van der Waals surface area contributed by atoms with Crippen molar-refractivity contribution in [3.05, 3.63) is 24.3 Å². The lowest BCUT2D eigenvalue weighted by atomic mass is 9.89. The Bertz CT molecular complexity index is 402. The molecule has 0 aliphatic heterocycles. The molecule has 138 valence electrons. The number of ketones is 1. The summed E-state index contributed by atoms with van der Waals surface area (Å²) in [5.74, 6) is -0.0966. The molecule has 1 aliphatic carbocycles. The van der Waals surface area contributed by atoms with Crippen molar-refractivity contribution in [2.75, 3.05) is 6.61 Å². The summed E-state index contributed by atoms with van der Waals surface area (Å²) in [4.78, 5) is 12.1. The number of hydrogen-bond acceptors (Lipinski definition) is 4. The predicted octanol–water partition coefficient (Wildman–Crippen LogP) is 3.16. The second-order valence-electron chi connectivity index (χ2n) is 6.80. The van der Waals surface area contributed by atoms with Crippen molar-refractivity contribution in [1.82, 2.24) is 0 Å². The van der Waals surface area contributed by atoms with E-state index in [0.717, 1.165) is 44.9 Å². The van der Waals surface area contributed by atoms with Gasteiger partial charge in [0.05, 0.1) is 12.2 Å². The molecule has 0 heterocycles. The quantitative estimate of drug-likeness (QED) is 0.377. The van der Waals surface area contributed by atoms with Gasteiger partial charge >= 0.3 is 0 Å². The molecule has 3 N–H and O–H groups in total. The Hall–Kier alpha value is -0.970. The molecule has 0 bridgehead atoms. The first kappa shape index (κ1) is 21.1. The number of aliphatic hydroxyl groups is 3. The Kier molecular flexibility index (Phi) is 10.9. The molecule has 1 fully saturated rings. The first-order valence-electron chi connectivity index (χ1n) is 9.41. The minimum absolute atomic E-state index is 0.119. The highest BCUT2D eigenvalue weighted by molar-refractivity contribution is 5.84. The van der Waals surface area contributed by atoms with Crippen LogP contribution in [0.4, 0.5) is 0 Å². The molecule has 0 aromatic heterocycles. The Morgan fingerprint density at radius 1 is 1.21 bits per heavy atom. The van der Waals surface area contributed by atoms with E-state index in [1.807, 2.05) is 18.2 Å². The molecule has 1 rings (SSSR count). The topological polar surface area (TPSA) is 77.8 Å². The number of allylic oxidation sites excluding steroid dienone is 2. The maximum atomic E-state index is 12.1. The summed E-state index contributed by atoms with van der Waals surface area (Å²) in [7, 11) is 0. The van der Waals surface area contributed by atoms with E-state index in [1.165, 1.54) is 0 Å². The average Bonchev–Trinajstić information content (AvgIpc) is 2.82. The Morgan fingerprint density at radius 3 is 2.67 bits per heavy atom. The molecule has 4 atom stereocenters. The second kappa shape index (κ2) is 12.4. The summed E-state index contributed by atoms with van der Waals surface area (Å²) in [6.07, 6.45) is 14.0. The van der Waals surface area contributed by atoms with Gasteiger partial charge in [0.15, 0.2) is 0 Å². The summed E-state index contributed by atoms with van der Waals surface area (Å²) in [5, 5.41) is 28.7. The number of carbonyl (C=O) groups excluding carboxylic acids is 1. The van der Waals surface area contributed by atoms with Gasteiger partial charge in [-0.25, -0.2) is 0 Å². The highest BCUT2D eigenvalue weighted by Gasteiger charge is 2.39. The molecule has 0 spiro atoms. The third kappa shape index (κ3) is 7.73. The van der Waals surface area contributed by atoms with E-state index in [1.54, 1.807) is 0 Å². The van der Waals surface area contributed by atoms with Crippen molar-refractivity contribution < 1.29 is 20.1 Å². The van der Waals surface area contributed by atoms with Gasteiger partial charge in [-0.15, -0.1) is 0 Å². The van der Waals surface area contributed by atoms with E-state index in [0.29, 0.717) is 6.42 Å². The molecule has 1 aliphatic rings. The van der Waals surface area contributed by atoms with Crippen LogP contribution in [0.15, 0.2) is 24.3 Å². The van der Waals surface area contributed by atoms with E-state index in [-0.39, 0.29) is 36.8 Å². The van der Waals surface area contributed by atoms with Gasteiger partial charge in [-0.2, -0.15) is 0 Å². The number of Topliss-reactive ketones (excluding diaryl/α,β-unsaturated/α-hetero) is 1. The van der Waals surface area contributed by atoms with E-state index in [4.69, 9.17) is 5.11 Å². The molecule has 2 unspecified atom stereocenters. The van der Waals surface area contributed by atoms with Gasteiger partial charge in [0.25, 0.3) is 0 Å². The number of hydrogen-bond donors (Lipinski definition) is 3. The number of unbranched alkanes of at least 4 members (excludes halogenated alkanes) is 2. The zero-order valence-electron chi connectivity index (χ0n) is 14.9. The van der Waals surface area contributed by atoms with Crippen molar-refractivity contribution in [1.29, 1.82) is 0 Å². The Morgan fingerprint density at radius 2 is 1.96 bits per heavy atom. The average molecular weight is 338 g/mol. The second-order valence-corrected chi connectivity index (χ2v) is 6.80. The summed E-state index contributed by atoms with van der Waals surface area (Å²) >= 11 is 0. The molecule has 4 nitrogen and oxygen atoms in total. The summed E-state index contributed by atoms with van der Waals surface area (Å²) < 4.78 is 0. The molecule has 1 saturated carbocycles. The molecule has 0 aromatic carbocycles. The molecular weight excluding hydrogens is 304 g/mol. The van der Waals surface area contributed by atoms with Gasteiger partial charge in [-0.3, -0.25) is 4.79 Å². The fourth-order valence-electron chi connectivity index (χ4n) is 3.26. The first-order chi connectivity index (χ1) is 11.6. The highest BCUT2D eigenvalue weighted by Crippen LogP contribution is 2.34. The van der Waals surface area contributed by atoms with Crippen LogP contribution in [0.25, 0.3) is 0 Å². The van der Waals surface area contributed by atoms with E-state index >= 15 is 0 Å². The van der Waals surface area contributed by atoms with Crippen LogP contribution in [-0.2, 0) is 4.79 Å². The van der Waals surface area contributed by atoms with Crippen LogP contribution in [0.1, 0.15) is 64.7 Å². The molecule has 0 radical (unpaired) electrons. The smallest absolute Gasteiger partial charge is 0.139 e. The standard InChI is InChI=1S/C20H34O4/c1-2-3-10-16(22)11-9-13-18-17(19(23)15-20(18)24)12-7-5-4-6-8-14-21/h4-5,9,13,16-18,20-22,24H,2-3,6-8,10-12,14-15H2,1H3/t16?,17-,18-,20?/m1/s1. The van der Waals surface area contributed by atoms with Crippen LogP contribution >= 0.6 is 0 Å². The lowest BCUT2D eigenvalue weighted by Gasteiger charge is -2.17. The van der Waals surface area contributed by atoms with Crippen LogP contribution in [0.2, 0.25) is 0 Å². The lowest BCUT2D eigenvalue weighted by Crippen LogP contribution is -2.18. The van der Waals surface area contributed by atoms with Crippen molar-refractivity contribution in [3.8, 4) is 0 Å². The van der Waals surface area contributed by atoms with Crippen molar-refractivity contribution in [2.24, 2.45) is 11.8 Å². The normalized spacial score (nSPS) is 26.0. The van der Waals surface area contributed by atoms with Crippen molar-refractivity contribution >= 4 is 5.78 Å². The van der Waals surface area contributed by atoms with Gasteiger partial charge < -0.3 is 15.3 Å². The van der Waals surface area contributed by atoms with E-state index in [9.17, 15) is 15.0 Å². The molecule has 24 heavy (non-hydrogen) atoms. The van der Waals surface area contributed by atoms with Gasteiger partial charge in [-0.1, -0.05) is 44.1 Å². The Labute approximate surface area is 146 Å². The van der Waals surface area contributed by atoms with Gasteiger partial charge in [-0.05, 0) is 38.5 Å². The lowest BCUT2D eigenvalue weighted by molar-refractivity contribution is -0.121. The minimum Gasteiger partial charge on any atom is -0.396 e. The largest absolute Gasteiger partial charge is 0.396 e. The van der Waals surface area contributed by atoms with Gasteiger partial charge in [0.2, 0.25) is 0 Å². The fourth-order valence-corrected chi connectivity index (χ4v) is 3.26. The highest BCUT2D eigenvalue weighted by atomic mass is 16.3. The molecular formula is C20H34O4. The zero-order valence-corrected chi connectivity index (χ0v) is 14.9. The zero-order chi connectivity index (χ0) is 17.8. The Balaban J connectivity index is 2.44. The van der Waals surface area contributed by atoms with Crippen LogP contribution in [0, 0.1) is 11.8 Å². The van der Waals surface area contributed by atoms with Crippen LogP contribution < -0.4 is 0 Å². The van der Waals surface area contributed by atoms with E-state index in [2.05, 4.69) is 13.0 Å². The summed E-state index contributed by atoms with van der Waals surface area (Å²) in [5.41, 5.74) is 0. The number of carbonyl (C=O) groups is 1. The molecule has 0 aromatic rings. The SMILES string of the molecule is CCCCC(O)CC=C[C@H]1C(O)CC(=O)[C@@H]1CCC=CCCCO. The first-order valence-corrected chi connectivity index (χ1v) is 9.41. The fraction of sp³-hybridized carbons (Fsp3) is 0.750. The molecule has 0 amide bonds. The summed E-state index contributed by atoms with van der Waals surface area (Å²) in [6, 6.07) is 0. The molecule has 0 saturated heterocycles. The monoisotopic (exact) mass is 338 g/mol. The van der Waals surface area contributed by atoms with Crippen molar-refractivity contribution in [3.63, 3.8) is 0 Å². The number of aliphatic hydroxyl groups excluding tert-OH is 3. The van der Waals surface area contributed by atoms with Crippen molar-refractivity contribution in [2.45, 2.75) is 76.9 Å². The predicted molar refractivity (Wildman–Crippen MR) is 96.6 cm³/mol. The van der Waals surface area contributed by atoms with Crippen LogP contribution in [0.5, 0.6) is 0 Å². The van der Waals surface area contributed by atoms with E-state index < -0.39 is 6.10 Å². The number of rotatable bonds is 12. The maximum Gasteiger partial charge on any atom is 0.139 e. The van der Waals surface area contributed by atoms with Crippen LogP contribution in [0.3, 0.4) is 0 Å².